The number of hydrogen-bond acceptors (Lipinski definition) is 3. The maximum atomic E-state index is 12.3. The second-order valence-electron chi connectivity index (χ2n) is 6.40. The number of rotatable bonds is 9. The molecule has 4 nitrogen and oxygen atoms in total. The van der Waals surface area contributed by atoms with Crippen molar-refractivity contribution in [3.8, 4) is 0 Å². The van der Waals surface area contributed by atoms with E-state index in [0.29, 0.717) is 12.1 Å². The van der Waals surface area contributed by atoms with E-state index in [1.165, 1.54) is 5.56 Å². The Bertz CT molecular complexity index is 925. The summed E-state index contributed by atoms with van der Waals surface area (Å²) >= 11 is 0. The molecular weight excluding hydrogens is 356 g/mol. The number of nitrogens with one attached hydrogen (secondary N) is 2. The summed E-state index contributed by atoms with van der Waals surface area (Å²) in [6.45, 7) is 0.826. The topological polar surface area (TPSA) is 58.2 Å². The van der Waals surface area contributed by atoms with Gasteiger partial charge in [-0.05, 0) is 48.2 Å². The fraction of sp³-hybridized carbons (Fsp3) is 0.182. The lowest BCUT2D eigenvalue weighted by Gasteiger charge is -2.10. The Kier molecular flexibility index (Phi) is 6.49. The molecule has 0 aliphatic heterocycles. The average Bonchev–Trinajstić information content (AvgIpc) is 2.69. The summed E-state index contributed by atoms with van der Waals surface area (Å²) in [5, 5.41) is 3.35. The van der Waals surface area contributed by atoms with E-state index >= 15 is 0 Å². The summed E-state index contributed by atoms with van der Waals surface area (Å²) < 4.78 is 27.2. The summed E-state index contributed by atoms with van der Waals surface area (Å²) in [7, 11) is -3.37. The molecule has 140 valence electrons. The molecule has 0 aromatic heterocycles. The van der Waals surface area contributed by atoms with Crippen molar-refractivity contribution in [2.45, 2.75) is 12.8 Å². The van der Waals surface area contributed by atoms with Gasteiger partial charge in [0.15, 0.2) is 0 Å². The van der Waals surface area contributed by atoms with Crippen LogP contribution in [-0.2, 0) is 22.9 Å². The Morgan fingerprint density at radius 3 is 1.74 bits per heavy atom. The molecule has 3 aromatic carbocycles. The maximum absolute atomic E-state index is 12.3. The summed E-state index contributed by atoms with van der Waals surface area (Å²) in [5.41, 5.74) is 3.85. The van der Waals surface area contributed by atoms with E-state index in [2.05, 4.69) is 22.2 Å². The zero-order valence-corrected chi connectivity index (χ0v) is 16.0. The molecule has 2 N–H and O–H groups in total. The van der Waals surface area contributed by atoms with Gasteiger partial charge < -0.3 is 5.32 Å². The minimum Gasteiger partial charge on any atom is -0.385 e. The third kappa shape index (κ3) is 6.46. The zero-order valence-electron chi connectivity index (χ0n) is 15.1. The van der Waals surface area contributed by atoms with Crippen LogP contribution < -0.4 is 10.0 Å². The first-order valence-electron chi connectivity index (χ1n) is 9.03. The highest BCUT2D eigenvalue weighted by Crippen LogP contribution is 2.15. The van der Waals surface area contributed by atoms with Gasteiger partial charge in [-0.25, -0.2) is 8.42 Å². The van der Waals surface area contributed by atoms with E-state index in [0.717, 1.165) is 24.2 Å². The molecule has 0 heterocycles. The predicted octanol–water partition coefficient (Wildman–Crippen LogP) is 4.33. The first-order valence-corrected chi connectivity index (χ1v) is 10.7. The molecule has 27 heavy (non-hydrogen) atoms. The van der Waals surface area contributed by atoms with Crippen LogP contribution in [0.25, 0.3) is 0 Å². The normalized spacial score (nSPS) is 11.1. The van der Waals surface area contributed by atoms with E-state index in [-0.39, 0.29) is 5.75 Å². The number of anilines is 2. The molecule has 0 aliphatic carbocycles. The SMILES string of the molecule is O=S(=O)(CCc1ccccc1)Nc1ccc(NCCc2ccccc2)cc1. The lowest BCUT2D eigenvalue weighted by atomic mass is 10.1. The Hall–Kier alpha value is -2.79. The fourth-order valence-corrected chi connectivity index (χ4v) is 3.88. The van der Waals surface area contributed by atoms with E-state index < -0.39 is 10.0 Å². The van der Waals surface area contributed by atoms with E-state index in [1.54, 1.807) is 12.1 Å². The van der Waals surface area contributed by atoms with Crippen LogP contribution in [0, 0.1) is 0 Å². The molecule has 3 rings (SSSR count). The molecule has 0 aliphatic rings. The maximum Gasteiger partial charge on any atom is 0.233 e. The fourth-order valence-electron chi connectivity index (χ4n) is 2.78. The van der Waals surface area contributed by atoms with Gasteiger partial charge in [-0.3, -0.25) is 4.72 Å². The van der Waals surface area contributed by atoms with Crippen LogP contribution in [0.15, 0.2) is 84.9 Å². The van der Waals surface area contributed by atoms with Crippen LogP contribution in [0.1, 0.15) is 11.1 Å². The highest BCUT2D eigenvalue weighted by atomic mass is 32.2. The van der Waals surface area contributed by atoms with Crippen molar-refractivity contribution < 1.29 is 8.42 Å². The van der Waals surface area contributed by atoms with Crippen molar-refractivity contribution in [2.24, 2.45) is 0 Å². The Labute approximate surface area is 161 Å². The van der Waals surface area contributed by atoms with Crippen molar-refractivity contribution in [1.29, 1.82) is 0 Å². The monoisotopic (exact) mass is 380 g/mol. The molecule has 0 bridgehead atoms. The number of hydrogen-bond donors (Lipinski definition) is 2. The van der Waals surface area contributed by atoms with E-state index in [1.807, 2.05) is 60.7 Å². The molecule has 0 fully saturated rings. The van der Waals surface area contributed by atoms with Gasteiger partial charge in [-0.2, -0.15) is 0 Å². The lowest BCUT2D eigenvalue weighted by Crippen LogP contribution is -2.18. The zero-order chi connectivity index (χ0) is 19.0. The molecule has 3 aromatic rings. The first kappa shape index (κ1) is 19.0. The highest BCUT2D eigenvalue weighted by Gasteiger charge is 2.10. The Balaban J connectivity index is 1.47. The van der Waals surface area contributed by atoms with Gasteiger partial charge in [0, 0.05) is 17.9 Å². The van der Waals surface area contributed by atoms with Gasteiger partial charge in [0.1, 0.15) is 0 Å². The van der Waals surface area contributed by atoms with Crippen LogP contribution in [0.2, 0.25) is 0 Å². The molecule has 0 saturated carbocycles. The molecule has 0 atom stereocenters. The molecule has 5 heteroatoms. The van der Waals surface area contributed by atoms with Crippen LogP contribution >= 0.6 is 0 Å². The predicted molar refractivity (Wildman–Crippen MR) is 113 cm³/mol. The smallest absolute Gasteiger partial charge is 0.233 e. The van der Waals surface area contributed by atoms with Gasteiger partial charge in [0.05, 0.1) is 5.75 Å². The quantitative estimate of drug-likeness (QED) is 0.581. The van der Waals surface area contributed by atoms with Crippen molar-refractivity contribution in [2.75, 3.05) is 22.3 Å². The number of sulfonamides is 1. The van der Waals surface area contributed by atoms with Crippen molar-refractivity contribution >= 4 is 21.4 Å². The third-order valence-electron chi connectivity index (χ3n) is 4.25. The largest absolute Gasteiger partial charge is 0.385 e. The standard InChI is InChI=1S/C22H24N2O2S/c25-27(26,18-16-20-9-5-2-6-10-20)24-22-13-11-21(12-14-22)23-17-15-19-7-3-1-4-8-19/h1-14,23-24H,15-18H2. The lowest BCUT2D eigenvalue weighted by molar-refractivity contribution is 0.600. The number of benzene rings is 3. The van der Waals surface area contributed by atoms with Gasteiger partial charge in [-0.15, -0.1) is 0 Å². The van der Waals surface area contributed by atoms with Crippen LogP contribution in [0.4, 0.5) is 11.4 Å². The molecule has 0 radical (unpaired) electrons. The van der Waals surface area contributed by atoms with Crippen LogP contribution in [0.3, 0.4) is 0 Å². The molecule has 0 saturated heterocycles. The number of aryl methyl sites for hydroxylation is 1. The third-order valence-corrected chi connectivity index (χ3v) is 5.53. The molecular formula is C22H24N2O2S. The minimum absolute atomic E-state index is 0.0636. The molecule has 0 spiro atoms. The summed E-state index contributed by atoms with van der Waals surface area (Å²) in [6.07, 6.45) is 1.43. The van der Waals surface area contributed by atoms with E-state index in [9.17, 15) is 8.42 Å². The molecule has 0 amide bonds. The highest BCUT2D eigenvalue weighted by molar-refractivity contribution is 7.92. The molecule has 0 unspecified atom stereocenters. The Morgan fingerprint density at radius 1 is 0.630 bits per heavy atom. The van der Waals surface area contributed by atoms with Crippen LogP contribution in [0.5, 0.6) is 0 Å². The van der Waals surface area contributed by atoms with Gasteiger partial charge in [0.2, 0.25) is 10.0 Å². The Morgan fingerprint density at radius 2 is 1.15 bits per heavy atom. The minimum atomic E-state index is -3.37. The summed E-state index contributed by atoms with van der Waals surface area (Å²) in [4.78, 5) is 0. The summed E-state index contributed by atoms with van der Waals surface area (Å²) in [5.74, 6) is 0.0636. The van der Waals surface area contributed by atoms with Crippen molar-refractivity contribution in [3.63, 3.8) is 0 Å². The van der Waals surface area contributed by atoms with Gasteiger partial charge in [0.25, 0.3) is 0 Å². The second kappa shape index (κ2) is 9.24. The van der Waals surface area contributed by atoms with Gasteiger partial charge >= 0.3 is 0 Å². The van der Waals surface area contributed by atoms with Gasteiger partial charge in [-0.1, -0.05) is 60.7 Å². The van der Waals surface area contributed by atoms with Crippen molar-refractivity contribution in [3.05, 3.63) is 96.1 Å². The second-order valence-corrected chi connectivity index (χ2v) is 8.24. The summed E-state index contributed by atoms with van der Waals surface area (Å²) in [6, 6.07) is 27.3. The van der Waals surface area contributed by atoms with E-state index in [4.69, 9.17) is 0 Å². The van der Waals surface area contributed by atoms with Crippen molar-refractivity contribution in [1.82, 2.24) is 0 Å². The average molecular weight is 381 g/mol. The van der Waals surface area contributed by atoms with Crippen LogP contribution in [-0.4, -0.2) is 20.7 Å². The first-order chi connectivity index (χ1) is 13.1.